The van der Waals surface area contributed by atoms with Gasteiger partial charge in [0.1, 0.15) is 0 Å². The van der Waals surface area contributed by atoms with Crippen LogP contribution in [-0.2, 0) is 21.4 Å². The molecule has 4 aromatic rings. The highest BCUT2D eigenvalue weighted by Crippen LogP contribution is 2.25. The first-order valence-electron chi connectivity index (χ1n) is 11.2. The number of aromatic nitrogens is 3. The number of benzene rings is 3. The number of hydrogen-bond donors (Lipinski definition) is 2. The van der Waals surface area contributed by atoms with E-state index >= 15 is 0 Å². The van der Waals surface area contributed by atoms with Gasteiger partial charge in [-0.15, -0.1) is 5.10 Å². The highest BCUT2D eigenvalue weighted by atomic mass is 35.5. The van der Waals surface area contributed by atoms with Crippen molar-refractivity contribution in [3.8, 4) is 11.4 Å². The number of thioether (sulfide) groups is 1. The summed E-state index contributed by atoms with van der Waals surface area (Å²) in [5.74, 6) is 0.728. The lowest BCUT2D eigenvalue weighted by Gasteiger charge is -2.22. The summed E-state index contributed by atoms with van der Waals surface area (Å²) in [6.45, 7) is -0.159. The fourth-order valence-electron chi connectivity index (χ4n) is 3.39. The van der Waals surface area contributed by atoms with Crippen molar-refractivity contribution in [1.82, 2.24) is 24.8 Å². The summed E-state index contributed by atoms with van der Waals surface area (Å²) in [6.07, 6.45) is 0. The second-order valence-electron chi connectivity index (χ2n) is 7.85. The number of amides is 1. The molecule has 0 fully saturated rings. The molecule has 0 atom stereocenters. The molecule has 2 N–H and O–H groups in total. The monoisotopic (exact) mass is 575 g/mol. The van der Waals surface area contributed by atoms with Crippen molar-refractivity contribution in [1.29, 1.82) is 0 Å². The molecule has 8 nitrogen and oxygen atoms in total. The fraction of sp³-hybridized carbons (Fsp3) is 0.160. The van der Waals surface area contributed by atoms with Crippen molar-refractivity contribution in [2.45, 2.75) is 16.6 Å². The predicted octanol–water partition coefficient (Wildman–Crippen LogP) is 4.88. The van der Waals surface area contributed by atoms with Crippen LogP contribution in [0.1, 0.15) is 5.56 Å². The van der Waals surface area contributed by atoms with Crippen LogP contribution >= 0.6 is 35.0 Å². The number of halogens is 2. The first kappa shape index (κ1) is 27.2. The first-order chi connectivity index (χ1) is 17.8. The summed E-state index contributed by atoms with van der Waals surface area (Å²) in [5.41, 5.74) is 1.46. The van der Waals surface area contributed by atoms with Gasteiger partial charge in [-0.3, -0.25) is 9.89 Å². The normalized spacial score (nSPS) is 11.5. The highest BCUT2D eigenvalue weighted by molar-refractivity contribution is 7.99. The van der Waals surface area contributed by atoms with Crippen molar-refractivity contribution in [2.24, 2.45) is 0 Å². The zero-order chi connectivity index (χ0) is 26.3. The smallest absolute Gasteiger partial charge is 0.243 e. The van der Waals surface area contributed by atoms with Crippen LogP contribution in [0.15, 0.2) is 88.9 Å². The van der Waals surface area contributed by atoms with Crippen LogP contribution in [0.25, 0.3) is 11.4 Å². The van der Waals surface area contributed by atoms with E-state index < -0.39 is 15.9 Å². The van der Waals surface area contributed by atoms with Gasteiger partial charge in [-0.25, -0.2) is 13.4 Å². The molecule has 0 spiro atoms. The third kappa shape index (κ3) is 7.33. The van der Waals surface area contributed by atoms with Crippen LogP contribution in [-0.4, -0.2) is 52.7 Å². The predicted molar refractivity (Wildman–Crippen MR) is 146 cm³/mol. The molecule has 0 aliphatic carbocycles. The quantitative estimate of drug-likeness (QED) is 0.195. The molecule has 3 aromatic carbocycles. The third-order valence-electron chi connectivity index (χ3n) is 5.23. The minimum atomic E-state index is -3.97. The molecule has 0 bridgehead atoms. The van der Waals surface area contributed by atoms with Gasteiger partial charge in [0.05, 0.1) is 11.4 Å². The lowest BCUT2D eigenvalue weighted by atomic mass is 10.2. The van der Waals surface area contributed by atoms with Gasteiger partial charge in [-0.05, 0) is 29.8 Å². The van der Waals surface area contributed by atoms with E-state index in [9.17, 15) is 13.2 Å². The molecule has 0 aliphatic heterocycles. The lowest BCUT2D eigenvalue weighted by Crippen LogP contribution is -2.41. The van der Waals surface area contributed by atoms with Crippen LogP contribution in [0.3, 0.4) is 0 Å². The van der Waals surface area contributed by atoms with Crippen molar-refractivity contribution in [3.63, 3.8) is 0 Å². The van der Waals surface area contributed by atoms with Gasteiger partial charge >= 0.3 is 0 Å². The molecule has 1 amide bonds. The summed E-state index contributed by atoms with van der Waals surface area (Å²) in [5, 5.41) is 11.2. The van der Waals surface area contributed by atoms with Gasteiger partial charge in [-0.2, -0.15) is 4.31 Å². The molecule has 1 aromatic heterocycles. The number of carbonyl (C=O) groups is 1. The van der Waals surface area contributed by atoms with Gasteiger partial charge in [0.2, 0.25) is 21.1 Å². The molecule has 0 aliphatic rings. The Morgan fingerprint density at radius 2 is 1.70 bits per heavy atom. The first-order valence-corrected chi connectivity index (χ1v) is 14.4. The standard InChI is InChI=1S/C25H23Cl2N5O3S2/c26-20-12-11-19(22(27)15-20)16-32(37(34,35)21-9-5-2-6-10-21)17-23(33)28-13-14-36-25-29-24(30-31-25)18-7-3-1-4-8-18/h1-12,15H,13-14,16-17H2,(H,28,33)(H,29,30,31). The molecular formula is C25H23Cl2N5O3S2. The maximum absolute atomic E-state index is 13.3. The van der Waals surface area contributed by atoms with E-state index in [0.717, 1.165) is 9.87 Å². The molecule has 192 valence electrons. The SMILES string of the molecule is O=C(CN(Cc1ccc(Cl)cc1Cl)S(=O)(=O)c1ccccc1)NCCSc1n[nH]c(-c2ccccc2)n1. The van der Waals surface area contributed by atoms with E-state index in [2.05, 4.69) is 20.5 Å². The van der Waals surface area contributed by atoms with Crippen molar-refractivity contribution < 1.29 is 13.2 Å². The Morgan fingerprint density at radius 3 is 2.41 bits per heavy atom. The van der Waals surface area contributed by atoms with Crippen LogP contribution in [0.4, 0.5) is 0 Å². The number of rotatable bonds is 11. The Balaban J connectivity index is 1.37. The number of nitrogens with zero attached hydrogens (tertiary/aromatic N) is 3. The minimum Gasteiger partial charge on any atom is -0.354 e. The van der Waals surface area contributed by atoms with Crippen LogP contribution in [0, 0.1) is 0 Å². The minimum absolute atomic E-state index is 0.0854. The topological polar surface area (TPSA) is 108 Å². The van der Waals surface area contributed by atoms with E-state index in [4.69, 9.17) is 23.2 Å². The number of aromatic amines is 1. The molecule has 0 radical (unpaired) electrons. The number of H-pyrrole nitrogens is 1. The zero-order valence-corrected chi connectivity index (χ0v) is 22.6. The molecule has 4 rings (SSSR count). The Kier molecular flexibility index (Phi) is 9.23. The maximum atomic E-state index is 13.3. The number of sulfonamides is 1. The Hall–Kier alpha value is -2.89. The van der Waals surface area contributed by atoms with Gasteiger partial charge in [0.25, 0.3) is 0 Å². The zero-order valence-electron chi connectivity index (χ0n) is 19.5. The van der Waals surface area contributed by atoms with Crippen LogP contribution in [0.2, 0.25) is 10.0 Å². The van der Waals surface area contributed by atoms with E-state index in [-0.39, 0.29) is 18.0 Å². The van der Waals surface area contributed by atoms with Crippen molar-refractivity contribution >= 4 is 50.9 Å². The van der Waals surface area contributed by atoms with Gasteiger partial charge in [0, 0.05) is 34.5 Å². The van der Waals surface area contributed by atoms with E-state index in [1.165, 1.54) is 30.0 Å². The summed E-state index contributed by atoms with van der Waals surface area (Å²) < 4.78 is 27.8. The van der Waals surface area contributed by atoms with Gasteiger partial charge in [0.15, 0.2) is 5.82 Å². The van der Waals surface area contributed by atoms with Crippen LogP contribution in [0.5, 0.6) is 0 Å². The summed E-state index contributed by atoms with van der Waals surface area (Å²) >= 11 is 13.6. The van der Waals surface area contributed by atoms with Crippen LogP contribution < -0.4 is 5.32 Å². The van der Waals surface area contributed by atoms with E-state index in [0.29, 0.717) is 38.9 Å². The summed E-state index contributed by atoms with van der Waals surface area (Å²) in [6, 6.07) is 22.4. The molecular weight excluding hydrogens is 553 g/mol. The average molecular weight is 577 g/mol. The number of nitrogens with one attached hydrogen (secondary N) is 2. The third-order valence-corrected chi connectivity index (χ3v) is 8.47. The average Bonchev–Trinajstić information content (AvgIpc) is 3.38. The lowest BCUT2D eigenvalue weighted by molar-refractivity contribution is -0.121. The molecule has 0 saturated carbocycles. The Bertz CT molecular complexity index is 1450. The largest absolute Gasteiger partial charge is 0.354 e. The molecule has 1 heterocycles. The molecule has 0 unspecified atom stereocenters. The Morgan fingerprint density at radius 1 is 1.00 bits per heavy atom. The van der Waals surface area contributed by atoms with Crippen molar-refractivity contribution in [2.75, 3.05) is 18.8 Å². The molecule has 37 heavy (non-hydrogen) atoms. The fourth-order valence-corrected chi connectivity index (χ4v) is 5.91. The summed E-state index contributed by atoms with van der Waals surface area (Å²) in [7, 11) is -3.97. The highest BCUT2D eigenvalue weighted by Gasteiger charge is 2.27. The number of hydrogen-bond acceptors (Lipinski definition) is 6. The van der Waals surface area contributed by atoms with Crippen molar-refractivity contribution in [3.05, 3.63) is 94.5 Å². The Labute approximate surface area is 229 Å². The second kappa shape index (κ2) is 12.6. The second-order valence-corrected chi connectivity index (χ2v) is 11.7. The number of carbonyl (C=O) groups excluding carboxylic acids is 1. The molecule has 0 saturated heterocycles. The molecule has 12 heteroatoms. The van der Waals surface area contributed by atoms with E-state index in [1.54, 1.807) is 30.3 Å². The summed E-state index contributed by atoms with van der Waals surface area (Å²) in [4.78, 5) is 17.3. The van der Waals surface area contributed by atoms with E-state index in [1.807, 2.05) is 30.3 Å². The maximum Gasteiger partial charge on any atom is 0.243 e. The van der Waals surface area contributed by atoms with Gasteiger partial charge in [-0.1, -0.05) is 89.6 Å². The van der Waals surface area contributed by atoms with Gasteiger partial charge < -0.3 is 5.32 Å².